The van der Waals surface area contributed by atoms with Crippen LogP contribution in [-0.2, 0) is 9.59 Å². The van der Waals surface area contributed by atoms with Crippen LogP contribution in [0.4, 0.5) is 5.82 Å². The summed E-state index contributed by atoms with van der Waals surface area (Å²) in [5, 5.41) is 5.72. The molecular formula is C21H25BrN4O3. The van der Waals surface area contributed by atoms with E-state index in [1.54, 1.807) is 12.3 Å². The molecule has 154 valence electrons. The minimum absolute atomic E-state index is 0.0545. The van der Waals surface area contributed by atoms with Gasteiger partial charge in [0.05, 0.1) is 19.0 Å². The van der Waals surface area contributed by atoms with Gasteiger partial charge in [-0.2, -0.15) is 0 Å². The zero-order valence-corrected chi connectivity index (χ0v) is 17.7. The Balaban J connectivity index is 1.37. The molecule has 0 bridgehead atoms. The van der Waals surface area contributed by atoms with Crippen molar-refractivity contribution in [1.29, 1.82) is 0 Å². The van der Waals surface area contributed by atoms with Crippen molar-refractivity contribution in [3.05, 3.63) is 53.1 Å². The van der Waals surface area contributed by atoms with E-state index in [2.05, 4.69) is 31.5 Å². The number of nitrogens with one attached hydrogen (secondary N) is 2. The van der Waals surface area contributed by atoms with Crippen molar-refractivity contribution >= 4 is 33.6 Å². The van der Waals surface area contributed by atoms with E-state index >= 15 is 0 Å². The Bertz CT molecular complexity index is 801. The van der Waals surface area contributed by atoms with Crippen LogP contribution in [-0.4, -0.2) is 54.5 Å². The van der Waals surface area contributed by atoms with Gasteiger partial charge in [0.2, 0.25) is 11.8 Å². The summed E-state index contributed by atoms with van der Waals surface area (Å²) in [6.45, 7) is 2.53. The first-order chi connectivity index (χ1) is 14.1. The number of carbonyl (C=O) groups is 2. The number of likely N-dealkylation sites (tertiary alicyclic amines) is 1. The number of hydrogen-bond donors (Lipinski definition) is 2. The van der Waals surface area contributed by atoms with Gasteiger partial charge in [-0.3, -0.25) is 14.5 Å². The fraction of sp³-hybridized carbons (Fsp3) is 0.381. The van der Waals surface area contributed by atoms with Gasteiger partial charge in [-0.25, -0.2) is 4.98 Å². The van der Waals surface area contributed by atoms with Gasteiger partial charge < -0.3 is 15.4 Å². The fourth-order valence-corrected chi connectivity index (χ4v) is 3.46. The molecular weight excluding hydrogens is 436 g/mol. The zero-order valence-electron chi connectivity index (χ0n) is 16.1. The van der Waals surface area contributed by atoms with E-state index < -0.39 is 0 Å². The number of piperidine rings is 1. The van der Waals surface area contributed by atoms with E-state index in [0.29, 0.717) is 25.5 Å². The van der Waals surface area contributed by atoms with Crippen LogP contribution in [0.3, 0.4) is 0 Å². The molecule has 1 atom stereocenters. The summed E-state index contributed by atoms with van der Waals surface area (Å²) in [6, 6.07) is 13.1. The number of aromatic nitrogens is 1. The Labute approximate surface area is 179 Å². The third kappa shape index (κ3) is 7.14. The van der Waals surface area contributed by atoms with Crippen molar-refractivity contribution < 1.29 is 14.3 Å². The Morgan fingerprint density at radius 3 is 2.79 bits per heavy atom. The Morgan fingerprint density at radius 2 is 2.03 bits per heavy atom. The number of hydrogen-bond acceptors (Lipinski definition) is 5. The summed E-state index contributed by atoms with van der Waals surface area (Å²) in [5.41, 5.74) is 0. The minimum atomic E-state index is -0.150. The zero-order chi connectivity index (χ0) is 20.5. The highest BCUT2D eigenvalue weighted by Gasteiger charge is 2.27. The van der Waals surface area contributed by atoms with Gasteiger partial charge in [-0.1, -0.05) is 18.2 Å². The summed E-state index contributed by atoms with van der Waals surface area (Å²) >= 11 is 3.33. The third-order valence-electron chi connectivity index (χ3n) is 4.66. The number of ether oxygens (including phenoxy) is 1. The summed E-state index contributed by atoms with van der Waals surface area (Å²) < 4.78 is 6.43. The first kappa shape index (κ1) is 21.3. The number of benzene rings is 1. The molecule has 1 unspecified atom stereocenters. The predicted molar refractivity (Wildman–Crippen MR) is 115 cm³/mol. The highest BCUT2D eigenvalue weighted by molar-refractivity contribution is 9.10. The molecule has 1 aliphatic heterocycles. The SMILES string of the molecule is O=C(CN1CCCC(C(=O)Nc2ccc(Br)cn2)C1)NCCOc1ccccc1. The number of amides is 2. The third-order valence-corrected chi connectivity index (χ3v) is 5.13. The van der Waals surface area contributed by atoms with Crippen LogP contribution in [0, 0.1) is 5.92 Å². The number of halogens is 1. The number of rotatable bonds is 8. The second kappa shape index (κ2) is 10.9. The number of carbonyl (C=O) groups excluding carboxylic acids is 2. The molecule has 1 aromatic carbocycles. The van der Waals surface area contributed by atoms with E-state index in [1.807, 2.05) is 41.3 Å². The average Bonchev–Trinajstić information content (AvgIpc) is 2.74. The highest BCUT2D eigenvalue weighted by atomic mass is 79.9. The fourth-order valence-electron chi connectivity index (χ4n) is 3.23. The highest BCUT2D eigenvalue weighted by Crippen LogP contribution is 2.18. The minimum Gasteiger partial charge on any atom is -0.492 e. The molecule has 0 aliphatic carbocycles. The van der Waals surface area contributed by atoms with E-state index in [4.69, 9.17) is 4.74 Å². The lowest BCUT2D eigenvalue weighted by Gasteiger charge is -2.31. The number of pyridine rings is 1. The largest absolute Gasteiger partial charge is 0.492 e. The second-order valence-electron chi connectivity index (χ2n) is 6.94. The topological polar surface area (TPSA) is 83.6 Å². The van der Waals surface area contributed by atoms with E-state index in [9.17, 15) is 9.59 Å². The summed E-state index contributed by atoms with van der Waals surface area (Å²) in [6.07, 6.45) is 3.34. The van der Waals surface area contributed by atoms with Crippen LogP contribution in [0.25, 0.3) is 0 Å². The Morgan fingerprint density at radius 1 is 1.21 bits per heavy atom. The lowest BCUT2D eigenvalue weighted by Crippen LogP contribution is -2.45. The summed E-state index contributed by atoms with van der Waals surface area (Å²) in [4.78, 5) is 30.9. The molecule has 1 aliphatic rings. The predicted octanol–water partition coefficient (Wildman–Crippen LogP) is 2.69. The molecule has 29 heavy (non-hydrogen) atoms. The van der Waals surface area contributed by atoms with E-state index in [1.165, 1.54) is 0 Å². The standard InChI is InChI=1S/C21H25BrN4O3/c22-17-8-9-19(24-13-17)25-21(28)16-5-4-11-26(14-16)15-20(27)23-10-12-29-18-6-2-1-3-7-18/h1-3,6-9,13,16H,4-5,10-12,14-15H2,(H,23,27)(H,24,25,28). The number of para-hydroxylation sites is 1. The van der Waals surface area contributed by atoms with Gasteiger partial charge in [-0.15, -0.1) is 0 Å². The van der Waals surface area contributed by atoms with Crippen LogP contribution in [0.1, 0.15) is 12.8 Å². The van der Waals surface area contributed by atoms with Gasteiger partial charge in [0.1, 0.15) is 18.2 Å². The molecule has 1 aromatic heterocycles. The second-order valence-corrected chi connectivity index (χ2v) is 7.85. The maximum atomic E-state index is 12.5. The van der Waals surface area contributed by atoms with Crippen molar-refractivity contribution in [3.63, 3.8) is 0 Å². The van der Waals surface area contributed by atoms with E-state index in [-0.39, 0.29) is 24.3 Å². The van der Waals surface area contributed by atoms with Crippen LogP contribution in [0.5, 0.6) is 5.75 Å². The number of anilines is 1. The first-order valence-corrected chi connectivity index (χ1v) is 10.5. The van der Waals surface area contributed by atoms with Crippen molar-refractivity contribution in [3.8, 4) is 5.75 Å². The average molecular weight is 461 g/mol. The molecule has 1 saturated heterocycles. The number of nitrogens with zero attached hydrogens (tertiary/aromatic N) is 2. The molecule has 0 saturated carbocycles. The van der Waals surface area contributed by atoms with Crippen LogP contribution in [0.2, 0.25) is 0 Å². The molecule has 8 heteroatoms. The van der Waals surface area contributed by atoms with Gasteiger partial charge in [0, 0.05) is 17.2 Å². The van der Waals surface area contributed by atoms with Crippen LogP contribution in [0.15, 0.2) is 53.1 Å². The van der Waals surface area contributed by atoms with Gasteiger partial charge in [0.25, 0.3) is 0 Å². The quantitative estimate of drug-likeness (QED) is 0.591. The molecule has 0 radical (unpaired) electrons. The van der Waals surface area contributed by atoms with Crippen molar-refractivity contribution in [2.24, 2.45) is 5.92 Å². The summed E-state index contributed by atoms with van der Waals surface area (Å²) in [7, 11) is 0. The van der Waals surface area contributed by atoms with Crippen LogP contribution >= 0.6 is 15.9 Å². The van der Waals surface area contributed by atoms with Gasteiger partial charge in [-0.05, 0) is 59.6 Å². The van der Waals surface area contributed by atoms with Crippen molar-refractivity contribution in [1.82, 2.24) is 15.2 Å². The van der Waals surface area contributed by atoms with E-state index in [0.717, 1.165) is 29.6 Å². The first-order valence-electron chi connectivity index (χ1n) is 9.69. The van der Waals surface area contributed by atoms with Gasteiger partial charge >= 0.3 is 0 Å². The molecule has 2 heterocycles. The van der Waals surface area contributed by atoms with Crippen molar-refractivity contribution in [2.45, 2.75) is 12.8 Å². The maximum Gasteiger partial charge on any atom is 0.234 e. The Kier molecular flexibility index (Phi) is 8.01. The molecule has 2 amide bonds. The molecule has 1 fully saturated rings. The molecule has 2 aromatic rings. The Hall–Kier alpha value is -2.45. The smallest absolute Gasteiger partial charge is 0.234 e. The van der Waals surface area contributed by atoms with Crippen LogP contribution < -0.4 is 15.4 Å². The monoisotopic (exact) mass is 460 g/mol. The van der Waals surface area contributed by atoms with Gasteiger partial charge in [0.15, 0.2) is 0 Å². The molecule has 7 nitrogen and oxygen atoms in total. The normalized spacial score (nSPS) is 16.8. The molecule has 2 N–H and O–H groups in total. The summed E-state index contributed by atoms with van der Waals surface area (Å²) in [5.74, 6) is 1.06. The lowest BCUT2D eigenvalue weighted by molar-refractivity contribution is -0.125. The molecule has 0 spiro atoms. The maximum absolute atomic E-state index is 12.5. The lowest BCUT2D eigenvalue weighted by atomic mass is 9.97. The van der Waals surface area contributed by atoms with Crippen molar-refractivity contribution in [2.75, 3.05) is 38.1 Å². The molecule has 3 rings (SSSR count).